The quantitative estimate of drug-likeness (QED) is 0.299. The van der Waals surface area contributed by atoms with Gasteiger partial charge in [-0.25, -0.2) is 0 Å². The Morgan fingerprint density at radius 3 is 2.18 bits per heavy atom. The van der Waals surface area contributed by atoms with E-state index in [1.165, 1.54) is 16.7 Å². The molecule has 0 amide bonds. The van der Waals surface area contributed by atoms with Crippen molar-refractivity contribution in [2.75, 3.05) is 0 Å². The zero-order chi connectivity index (χ0) is 9.54. The van der Waals surface area contributed by atoms with Gasteiger partial charge in [-0.2, -0.15) is 0 Å². The van der Waals surface area contributed by atoms with E-state index in [1.54, 1.807) is 8.88 Å². The summed E-state index contributed by atoms with van der Waals surface area (Å²) in [5.74, 6) is 0. The monoisotopic (exact) mass is 450 g/mol. The van der Waals surface area contributed by atoms with E-state index in [2.05, 4.69) is 42.5 Å². The summed E-state index contributed by atoms with van der Waals surface area (Å²) in [5, 5.41) is 0. The van der Waals surface area contributed by atoms with Gasteiger partial charge in [0, 0.05) is 0 Å². The molecule has 0 aromatic heterocycles. The van der Waals surface area contributed by atoms with Crippen LogP contribution in [-0.4, -0.2) is 0 Å². The molecule has 0 saturated carbocycles. The first-order valence-electron chi connectivity index (χ1n) is 4.78. The first-order valence-corrected chi connectivity index (χ1v) is 6.57. The Kier molecular flexibility index (Phi) is 7.01. The predicted octanol–water partition coefficient (Wildman–Crippen LogP) is -6.56. The maximum absolute atomic E-state index is 2.26. The molecule has 0 unspecified atom stereocenters. The van der Waals surface area contributed by atoms with Gasteiger partial charge in [-0.15, -0.1) is 0 Å². The van der Waals surface area contributed by atoms with E-state index < -0.39 is 0 Å². The Hall–Kier alpha value is 0.180. The van der Waals surface area contributed by atoms with Crippen LogP contribution >= 0.6 is 0 Å². The average Bonchev–Trinajstić information content (AvgIpc) is 2.59. The van der Waals surface area contributed by atoms with Crippen LogP contribution in [-0.2, 0) is 30.8 Å². The first-order chi connectivity index (χ1) is 6.86. The molecule has 0 heterocycles. The zero-order valence-corrected chi connectivity index (χ0v) is 14.7. The molecule has 17 heavy (non-hydrogen) atoms. The summed E-state index contributed by atoms with van der Waals surface area (Å²) >= 11 is 1.16. The summed E-state index contributed by atoms with van der Waals surface area (Å²) in [7, 11) is 0. The van der Waals surface area contributed by atoms with Crippen molar-refractivity contribution in [3.63, 3.8) is 0 Å². The van der Waals surface area contributed by atoms with E-state index in [4.69, 9.17) is 0 Å². The van der Waals surface area contributed by atoms with E-state index in [0.29, 0.717) is 0 Å². The molecular weight excluding hydrogens is 441 g/mol. The molecule has 2 aromatic rings. The normalized spacial score (nSPS) is 10.2. The minimum absolute atomic E-state index is 0. The van der Waals surface area contributed by atoms with Gasteiger partial charge in [0.2, 0.25) is 0 Å². The molecule has 0 nitrogen and oxygen atoms in total. The van der Waals surface area contributed by atoms with Gasteiger partial charge in [-0.3, -0.25) is 0 Å². The Bertz CT molecular complexity index is 512. The van der Waals surface area contributed by atoms with Gasteiger partial charge in [0.05, 0.1) is 0 Å². The van der Waals surface area contributed by atoms with Crippen molar-refractivity contribution in [2.24, 2.45) is 0 Å². The van der Waals surface area contributed by atoms with Crippen LogP contribution in [0.1, 0.15) is 11.1 Å². The molecule has 2 aromatic carbocycles. The third-order valence-corrected chi connectivity index (χ3v) is 4.53. The van der Waals surface area contributed by atoms with E-state index in [-0.39, 0.29) is 37.2 Å². The molecule has 3 rings (SSSR count). The van der Waals surface area contributed by atoms with Crippen molar-refractivity contribution < 1.29 is 61.6 Å². The fraction of sp³-hybridized carbons (Fsp3) is 0.0769. The molecule has 0 radical (unpaired) electrons. The Labute approximate surface area is 135 Å². The third kappa shape index (κ3) is 2.96. The van der Waals surface area contributed by atoms with E-state index >= 15 is 0 Å². The summed E-state index contributed by atoms with van der Waals surface area (Å²) in [6.45, 7) is 0. The van der Waals surface area contributed by atoms with Gasteiger partial charge in [-0.1, -0.05) is 0 Å². The van der Waals surface area contributed by atoms with Gasteiger partial charge in [-0.05, 0) is 0 Å². The van der Waals surface area contributed by atoms with Crippen LogP contribution in [0.4, 0.5) is 0 Å². The van der Waals surface area contributed by atoms with Crippen LogP contribution in [0.15, 0.2) is 42.5 Å². The second-order valence-electron chi connectivity index (χ2n) is 3.67. The van der Waals surface area contributed by atoms with Gasteiger partial charge < -0.3 is 37.2 Å². The Morgan fingerprint density at radius 1 is 0.765 bits per heavy atom. The summed E-state index contributed by atoms with van der Waals surface area (Å²) in [6, 6.07) is 15.5. The molecule has 1 aliphatic carbocycles. The van der Waals surface area contributed by atoms with E-state index in [9.17, 15) is 0 Å². The standard InChI is InChI=1S/C13H9.3ClH.Hf/c1-3-7-12-10(5-1)9-11-6-2-4-8-13(11)12;;;;/h1-5,7-8H,9H2;3*1H;/q;;;;+3/p-3. The second kappa shape index (κ2) is 6.94. The average molecular weight is 450 g/mol. The molecular formula is C13H9Cl3Hf. The third-order valence-electron chi connectivity index (χ3n) is 2.85. The molecule has 0 aliphatic heterocycles. The molecule has 0 fully saturated rings. The summed E-state index contributed by atoms with van der Waals surface area (Å²) in [5.41, 5.74) is 5.97. The summed E-state index contributed by atoms with van der Waals surface area (Å²) < 4.78 is 1.55. The summed E-state index contributed by atoms with van der Waals surface area (Å²) in [6.07, 6.45) is 1.14. The molecule has 0 N–H and O–H groups in total. The van der Waals surface area contributed by atoms with Gasteiger partial charge in [0.25, 0.3) is 0 Å². The maximum atomic E-state index is 2.26. The topological polar surface area (TPSA) is 0 Å². The van der Waals surface area contributed by atoms with Crippen molar-refractivity contribution in [3.05, 3.63) is 53.6 Å². The fourth-order valence-electron chi connectivity index (χ4n) is 2.16. The fourth-order valence-corrected chi connectivity index (χ4v) is 3.30. The van der Waals surface area contributed by atoms with Gasteiger partial charge in [0.1, 0.15) is 0 Å². The predicted molar refractivity (Wildman–Crippen MR) is 54.3 cm³/mol. The van der Waals surface area contributed by atoms with Crippen LogP contribution in [0.3, 0.4) is 0 Å². The van der Waals surface area contributed by atoms with Crippen LogP contribution in [0.25, 0.3) is 11.1 Å². The van der Waals surface area contributed by atoms with Crippen molar-refractivity contribution >= 4 is 3.32 Å². The van der Waals surface area contributed by atoms with Crippen molar-refractivity contribution in [3.8, 4) is 11.1 Å². The molecule has 86 valence electrons. The SMILES string of the molecule is [Cl-].[Cl-].[Cl-].[Hf+3][c]1cccc2c1Cc1ccccc1-2. The van der Waals surface area contributed by atoms with E-state index in [0.717, 1.165) is 30.8 Å². The summed E-state index contributed by atoms with van der Waals surface area (Å²) in [4.78, 5) is 0. The van der Waals surface area contributed by atoms with Crippen molar-refractivity contribution in [1.82, 2.24) is 0 Å². The minimum atomic E-state index is 0. The van der Waals surface area contributed by atoms with Crippen LogP contribution in [0, 0.1) is 0 Å². The number of halogens is 3. The molecule has 0 atom stereocenters. The van der Waals surface area contributed by atoms with Crippen LogP contribution in [0.5, 0.6) is 0 Å². The second-order valence-corrected chi connectivity index (χ2v) is 5.60. The molecule has 4 heteroatoms. The van der Waals surface area contributed by atoms with E-state index in [1.807, 2.05) is 0 Å². The Balaban J connectivity index is 0.000000853. The zero-order valence-electron chi connectivity index (χ0n) is 8.88. The van der Waals surface area contributed by atoms with Crippen molar-refractivity contribution in [1.29, 1.82) is 0 Å². The molecule has 0 bridgehead atoms. The van der Waals surface area contributed by atoms with Gasteiger partial charge in [0.15, 0.2) is 0 Å². The molecule has 1 aliphatic rings. The molecule has 0 saturated heterocycles. The number of benzene rings is 2. The van der Waals surface area contributed by atoms with Crippen molar-refractivity contribution in [2.45, 2.75) is 6.42 Å². The van der Waals surface area contributed by atoms with Crippen LogP contribution in [0.2, 0.25) is 0 Å². The number of rotatable bonds is 0. The first kappa shape index (κ1) is 17.2. The van der Waals surface area contributed by atoms with Crippen LogP contribution < -0.4 is 40.5 Å². The number of fused-ring (bicyclic) bond motifs is 3. The molecule has 0 spiro atoms. The van der Waals surface area contributed by atoms with Gasteiger partial charge >= 0.3 is 98.8 Å². The number of hydrogen-bond donors (Lipinski definition) is 0. The Morgan fingerprint density at radius 2 is 1.41 bits per heavy atom. The number of hydrogen-bond acceptors (Lipinski definition) is 0.